The first kappa shape index (κ1) is 19.1. The summed E-state index contributed by atoms with van der Waals surface area (Å²) in [5.41, 5.74) is 3.19. The molecule has 2 N–H and O–H groups in total. The van der Waals surface area contributed by atoms with Crippen LogP contribution < -0.4 is 15.4 Å². The van der Waals surface area contributed by atoms with E-state index >= 15 is 0 Å². The van der Waals surface area contributed by atoms with Gasteiger partial charge >= 0.3 is 0 Å². The Morgan fingerprint density at radius 2 is 2.07 bits per heavy atom. The molecule has 3 rings (SSSR count). The minimum absolute atomic E-state index is 0.164. The number of pyridine rings is 1. The van der Waals surface area contributed by atoms with Crippen LogP contribution in [0.15, 0.2) is 36.5 Å². The molecule has 7 nitrogen and oxygen atoms in total. The summed E-state index contributed by atoms with van der Waals surface area (Å²) in [7, 11) is 1.64. The van der Waals surface area contributed by atoms with Gasteiger partial charge in [0.15, 0.2) is 0 Å². The quantitative estimate of drug-likeness (QED) is 0.778. The van der Waals surface area contributed by atoms with E-state index in [4.69, 9.17) is 9.47 Å². The molecule has 1 aromatic heterocycles. The Bertz CT molecular complexity index is 758. The number of anilines is 2. The fraction of sp³-hybridized carbons (Fsp3) is 0.400. The molecule has 7 heteroatoms. The maximum Gasteiger partial charge on any atom is 0.269 e. The highest BCUT2D eigenvalue weighted by molar-refractivity contribution is 5.92. The minimum Gasteiger partial charge on any atom is -0.495 e. The third kappa shape index (κ3) is 5.42. The molecule has 0 spiro atoms. The lowest BCUT2D eigenvalue weighted by Gasteiger charge is -2.26. The number of nitrogens with one attached hydrogen (secondary N) is 2. The third-order valence-corrected chi connectivity index (χ3v) is 4.45. The van der Waals surface area contributed by atoms with Crippen molar-refractivity contribution in [2.45, 2.75) is 6.92 Å². The first-order valence-corrected chi connectivity index (χ1v) is 9.12. The molecule has 1 aromatic carbocycles. The lowest BCUT2D eigenvalue weighted by atomic mass is 10.2. The van der Waals surface area contributed by atoms with Crippen LogP contribution in [0.5, 0.6) is 5.75 Å². The zero-order valence-corrected chi connectivity index (χ0v) is 15.8. The Kier molecular flexibility index (Phi) is 6.62. The van der Waals surface area contributed by atoms with Gasteiger partial charge in [0.2, 0.25) is 0 Å². The molecule has 0 atom stereocenters. The van der Waals surface area contributed by atoms with Gasteiger partial charge in [-0.1, -0.05) is 6.07 Å². The van der Waals surface area contributed by atoms with Gasteiger partial charge in [0.1, 0.15) is 11.4 Å². The molecule has 0 saturated carbocycles. The smallest absolute Gasteiger partial charge is 0.269 e. The average molecular weight is 370 g/mol. The number of carbonyl (C=O) groups excluding carboxylic acids is 1. The molecule has 1 aliphatic rings. The van der Waals surface area contributed by atoms with E-state index < -0.39 is 0 Å². The summed E-state index contributed by atoms with van der Waals surface area (Å²) in [6, 6.07) is 9.47. The number of methoxy groups -OCH3 is 1. The summed E-state index contributed by atoms with van der Waals surface area (Å²) in [5.74, 6) is 0.591. The van der Waals surface area contributed by atoms with Crippen molar-refractivity contribution in [2.24, 2.45) is 0 Å². The topological polar surface area (TPSA) is 75.7 Å². The third-order valence-electron chi connectivity index (χ3n) is 4.45. The molecule has 0 aliphatic carbocycles. The number of hydrogen-bond donors (Lipinski definition) is 2. The monoisotopic (exact) mass is 370 g/mol. The molecule has 1 aliphatic heterocycles. The van der Waals surface area contributed by atoms with Crippen LogP contribution in [0.25, 0.3) is 0 Å². The number of morpholine rings is 1. The lowest BCUT2D eigenvalue weighted by Crippen LogP contribution is -2.41. The van der Waals surface area contributed by atoms with Gasteiger partial charge in [-0.2, -0.15) is 0 Å². The molecule has 1 fully saturated rings. The zero-order valence-electron chi connectivity index (χ0n) is 15.8. The second-order valence-electron chi connectivity index (χ2n) is 6.47. The van der Waals surface area contributed by atoms with Gasteiger partial charge in [0.25, 0.3) is 5.91 Å². The zero-order chi connectivity index (χ0) is 19.1. The van der Waals surface area contributed by atoms with Crippen LogP contribution in [0.3, 0.4) is 0 Å². The molecule has 1 saturated heterocycles. The van der Waals surface area contributed by atoms with Gasteiger partial charge in [-0.15, -0.1) is 0 Å². The predicted octanol–water partition coefficient (Wildman–Crippen LogP) is 2.20. The van der Waals surface area contributed by atoms with Crippen molar-refractivity contribution in [3.63, 3.8) is 0 Å². The van der Waals surface area contributed by atoms with Crippen molar-refractivity contribution in [3.8, 4) is 5.75 Å². The van der Waals surface area contributed by atoms with E-state index in [9.17, 15) is 4.79 Å². The first-order chi connectivity index (χ1) is 13.2. The number of benzene rings is 1. The molecule has 0 radical (unpaired) electrons. The molecule has 1 amide bonds. The first-order valence-electron chi connectivity index (χ1n) is 9.12. The highest BCUT2D eigenvalue weighted by Crippen LogP contribution is 2.28. The van der Waals surface area contributed by atoms with E-state index in [1.165, 1.54) is 0 Å². The van der Waals surface area contributed by atoms with Crippen LogP contribution in [-0.4, -0.2) is 62.3 Å². The van der Waals surface area contributed by atoms with Gasteiger partial charge < -0.3 is 20.1 Å². The van der Waals surface area contributed by atoms with Gasteiger partial charge in [0.05, 0.1) is 37.9 Å². The van der Waals surface area contributed by atoms with Crippen molar-refractivity contribution in [2.75, 3.05) is 51.8 Å². The maximum atomic E-state index is 12.2. The Hall–Kier alpha value is -2.64. The van der Waals surface area contributed by atoms with E-state index in [2.05, 4.69) is 20.5 Å². The van der Waals surface area contributed by atoms with Crippen LogP contribution in [-0.2, 0) is 4.74 Å². The summed E-state index contributed by atoms with van der Waals surface area (Å²) in [6.07, 6.45) is 1.65. The number of hydrogen-bond acceptors (Lipinski definition) is 6. The van der Waals surface area contributed by atoms with Crippen LogP contribution >= 0.6 is 0 Å². The van der Waals surface area contributed by atoms with E-state index in [0.717, 1.165) is 55.5 Å². The molecular weight excluding hydrogens is 344 g/mol. The van der Waals surface area contributed by atoms with E-state index in [0.29, 0.717) is 12.2 Å². The van der Waals surface area contributed by atoms with E-state index in [1.54, 1.807) is 19.4 Å². The van der Waals surface area contributed by atoms with Crippen molar-refractivity contribution in [1.82, 2.24) is 15.2 Å². The standard InChI is InChI=1S/C20H26N4O3/c1-15-3-6-19(26-2)18(13-15)23-16-4-5-17(22-14-16)20(25)21-7-8-24-9-11-27-12-10-24/h3-6,13-14,23H,7-12H2,1-2H3,(H,21,25). The molecular formula is C20H26N4O3. The number of aryl methyl sites for hydroxylation is 1. The number of nitrogens with zero attached hydrogens (tertiary/aromatic N) is 2. The average Bonchev–Trinajstić information content (AvgIpc) is 2.69. The molecule has 0 unspecified atom stereocenters. The number of aromatic nitrogens is 1. The number of carbonyl (C=O) groups is 1. The van der Waals surface area contributed by atoms with Crippen LogP contribution in [0, 0.1) is 6.92 Å². The number of rotatable bonds is 7. The fourth-order valence-corrected chi connectivity index (χ4v) is 2.92. The second kappa shape index (κ2) is 9.34. The normalized spacial score (nSPS) is 14.6. The number of ether oxygens (including phenoxy) is 2. The Morgan fingerprint density at radius 3 is 2.78 bits per heavy atom. The Balaban J connectivity index is 1.53. The van der Waals surface area contributed by atoms with E-state index in [1.807, 2.05) is 31.2 Å². The highest BCUT2D eigenvalue weighted by Gasteiger charge is 2.12. The van der Waals surface area contributed by atoms with Gasteiger partial charge in [-0.3, -0.25) is 9.69 Å². The number of amides is 1. The summed E-state index contributed by atoms with van der Waals surface area (Å²) in [5, 5.41) is 6.20. The molecule has 0 bridgehead atoms. The van der Waals surface area contributed by atoms with Crippen molar-refractivity contribution in [3.05, 3.63) is 47.8 Å². The van der Waals surface area contributed by atoms with Gasteiger partial charge in [-0.05, 0) is 36.8 Å². The Morgan fingerprint density at radius 1 is 1.26 bits per heavy atom. The SMILES string of the molecule is COc1ccc(C)cc1Nc1ccc(C(=O)NCCN2CCOCC2)nc1. The van der Waals surface area contributed by atoms with Crippen molar-refractivity contribution < 1.29 is 14.3 Å². The predicted molar refractivity (Wildman–Crippen MR) is 105 cm³/mol. The lowest BCUT2D eigenvalue weighted by molar-refractivity contribution is 0.0383. The van der Waals surface area contributed by atoms with Gasteiger partial charge in [0, 0.05) is 26.2 Å². The summed E-state index contributed by atoms with van der Waals surface area (Å²) >= 11 is 0. The molecule has 27 heavy (non-hydrogen) atoms. The molecule has 2 aromatic rings. The van der Waals surface area contributed by atoms with Crippen molar-refractivity contribution in [1.29, 1.82) is 0 Å². The fourth-order valence-electron chi connectivity index (χ4n) is 2.92. The second-order valence-corrected chi connectivity index (χ2v) is 6.47. The van der Waals surface area contributed by atoms with Gasteiger partial charge in [-0.25, -0.2) is 4.98 Å². The Labute approximate surface area is 159 Å². The van der Waals surface area contributed by atoms with Crippen LogP contribution in [0.2, 0.25) is 0 Å². The minimum atomic E-state index is -0.164. The van der Waals surface area contributed by atoms with E-state index in [-0.39, 0.29) is 5.91 Å². The summed E-state index contributed by atoms with van der Waals surface area (Å²) in [4.78, 5) is 18.8. The summed E-state index contributed by atoms with van der Waals surface area (Å²) < 4.78 is 10.7. The molecule has 144 valence electrons. The van der Waals surface area contributed by atoms with Crippen LogP contribution in [0.4, 0.5) is 11.4 Å². The summed E-state index contributed by atoms with van der Waals surface area (Å²) in [6.45, 7) is 6.79. The highest BCUT2D eigenvalue weighted by atomic mass is 16.5. The van der Waals surface area contributed by atoms with Crippen molar-refractivity contribution >= 4 is 17.3 Å². The largest absolute Gasteiger partial charge is 0.495 e. The van der Waals surface area contributed by atoms with Crippen LogP contribution in [0.1, 0.15) is 16.1 Å². The maximum absolute atomic E-state index is 12.2. The molecule has 2 heterocycles.